The monoisotopic (exact) mass is 695 g/mol. The topological polar surface area (TPSA) is 96.0 Å². The van der Waals surface area contributed by atoms with E-state index in [1.165, 1.54) is 17.0 Å². The van der Waals surface area contributed by atoms with Crippen molar-refractivity contribution in [2.24, 2.45) is 0 Å². The molecule has 0 aromatic heterocycles. The third-order valence-corrected chi connectivity index (χ3v) is 9.89. The molecule has 0 fully saturated rings. The van der Waals surface area contributed by atoms with Gasteiger partial charge in [0, 0.05) is 19.0 Å². The molecule has 0 bridgehead atoms. The van der Waals surface area contributed by atoms with Crippen LogP contribution in [0.15, 0.2) is 102 Å². The molecule has 0 aliphatic rings. The highest BCUT2D eigenvalue weighted by Crippen LogP contribution is 2.28. The summed E-state index contributed by atoms with van der Waals surface area (Å²) in [5, 5.41) is 3.58. The molecule has 4 aromatic carbocycles. The van der Waals surface area contributed by atoms with Crippen LogP contribution in [0.5, 0.6) is 5.75 Å². The normalized spacial score (nSPS) is 12.0. The molecule has 0 saturated carbocycles. The molecule has 1 unspecified atom stereocenters. The van der Waals surface area contributed by atoms with Crippen LogP contribution in [0.2, 0.25) is 10.0 Å². The molecular formula is C36H39Cl2N3O5S. The van der Waals surface area contributed by atoms with Crippen LogP contribution < -0.4 is 14.4 Å². The molecule has 0 saturated heterocycles. The zero-order valence-corrected chi connectivity index (χ0v) is 29.1. The molecule has 1 N–H and O–H groups in total. The number of sulfonamides is 1. The van der Waals surface area contributed by atoms with Gasteiger partial charge < -0.3 is 15.0 Å². The highest BCUT2D eigenvalue weighted by atomic mass is 35.5. The minimum Gasteiger partial charge on any atom is -0.494 e. The second-order valence-corrected chi connectivity index (χ2v) is 14.1. The van der Waals surface area contributed by atoms with Crippen LogP contribution in [-0.4, -0.2) is 50.4 Å². The lowest BCUT2D eigenvalue weighted by atomic mass is 10.0. The van der Waals surface area contributed by atoms with Crippen molar-refractivity contribution in [3.8, 4) is 5.75 Å². The van der Waals surface area contributed by atoms with Crippen molar-refractivity contribution in [1.82, 2.24) is 10.2 Å². The zero-order valence-electron chi connectivity index (χ0n) is 26.8. The molecule has 0 spiro atoms. The minimum absolute atomic E-state index is 0.0270. The highest BCUT2D eigenvalue weighted by Gasteiger charge is 2.35. The number of amides is 2. The van der Waals surface area contributed by atoms with Crippen LogP contribution in [-0.2, 0) is 32.6 Å². The molecule has 248 valence electrons. The van der Waals surface area contributed by atoms with E-state index in [4.69, 9.17) is 27.9 Å². The summed E-state index contributed by atoms with van der Waals surface area (Å²) in [7, 11) is -4.23. The van der Waals surface area contributed by atoms with Gasteiger partial charge in [-0.25, -0.2) is 8.42 Å². The molecule has 0 aliphatic carbocycles. The van der Waals surface area contributed by atoms with E-state index in [9.17, 15) is 18.0 Å². The quantitative estimate of drug-likeness (QED) is 0.152. The molecule has 47 heavy (non-hydrogen) atoms. The Morgan fingerprint density at radius 1 is 0.851 bits per heavy atom. The van der Waals surface area contributed by atoms with Crippen molar-refractivity contribution >= 4 is 50.7 Å². The van der Waals surface area contributed by atoms with Crippen LogP contribution in [0.1, 0.15) is 37.5 Å². The number of hydrogen-bond acceptors (Lipinski definition) is 5. The zero-order chi connectivity index (χ0) is 34.1. The molecule has 4 rings (SSSR count). The van der Waals surface area contributed by atoms with Crippen LogP contribution in [0.4, 0.5) is 5.69 Å². The highest BCUT2D eigenvalue weighted by molar-refractivity contribution is 7.92. The SMILES string of the molecule is CCOc1ccc(N(CC(=O)N(Cc2ccc(Cl)c(Cl)c2)C(Cc2ccccc2)C(=O)NC(C)C)S(=O)(=O)c2ccc(C)cc2)cc1. The number of hydrogen-bond donors (Lipinski definition) is 1. The Hall–Kier alpha value is -4.05. The Labute approximate surface area is 287 Å². The Morgan fingerprint density at radius 2 is 1.51 bits per heavy atom. The molecule has 0 radical (unpaired) electrons. The lowest BCUT2D eigenvalue weighted by Gasteiger charge is -2.34. The second-order valence-electron chi connectivity index (χ2n) is 11.4. The summed E-state index contributed by atoms with van der Waals surface area (Å²) >= 11 is 12.5. The molecule has 8 nitrogen and oxygen atoms in total. The summed E-state index contributed by atoms with van der Waals surface area (Å²) in [5.74, 6) is -0.392. The van der Waals surface area contributed by atoms with Gasteiger partial charge in [0.05, 0.1) is 27.2 Å². The predicted octanol–water partition coefficient (Wildman–Crippen LogP) is 7.06. The fourth-order valence-corrected chi connectivity index (χ4v) is 6.75. The number of benzene rings is 4. The van der Waals surface area contributed by atoms with Crippen LogP contribution in [0.25, 0.3) is 0 Å². The lowest BCUT2D eigenvalue weighted by Crippen LogP contribution is -2.54. The van der Waals surface area contributed by atoms with Gasteiger partial charge in [0.2, 0.25) is 11.8 Å². The average molecular weight is 697 g/mol. The van der Waals surface area contributed by atoms with Crippen molar-refractivity contribution in [2.75, 3.05) is 17.5 Å². The summed E-state index contributed by atoms with van der Waals surface area (Å²) in [4.78, 5) is 29.8. The fraction of sp³-hybridized carbons (Fsp3) is 0.278. The lowest BCUT2D eigenvalue weighted by molar-refractivity contribution is -0.140. The molecular weight excluding hydrogens is 657 g/mol. The molecule has 2 amide bonds. The van der Waals surface area contributed by atoms with Crippen molar-refractivity contribution < 1.29 is 22.7 Å². The smallest absolute Gasteiger partial charge is 0.264 e. The predicted molar refractivity (Wildman–Crippen MR) is 188 cm³/mol. The summed E-state index contributed by atoms with van der Waals surface area (Å²) in [6.07, 6.45) is 0.195. The van der Waals surface area contributed by atoms with E-state index >= 15 is 0 Å². The Morgan fingerprint density at radius 3 is 2.11 bits per heavy atom. The van der Waals surface area contributed by atoms with E-state index < -0.39 is 28.5 Å². The van der Waals surface area contributed by atoms with E-state index in [-0.39, 0.29) is 35.5 Å². The van der Waals surface area contributed by atoms with Crippen molar-refractivity contribution in [3.05, 3.63) is 124 Å². The number of halogens is 2. The van der Waals surface area contributed by atoms with Gasteiger partial charge in [-0.05, 0) is 87.4 Å². The van der Waals surface area contributed by atoms with Crippen LogP contribution in [0.3, 0.4) is 0 Å². The van der Waals surface area contributed by atoms with E-state index in [0.29, 0.717) is 28.0 Å². The number of aryl methyl sites for hydroxylation is 1. The maximum absolute atomic E-state index is 14.6. The van der Waals surface area contributed by atoms with Gasteiger partial charge in [0.15, 0.2) is 0 Å². The third kappa shape index (κ3) is 9.50. The molecule has 0 aliphatic heterocycles. The van der Waals surface area contributed by atoms with Crippen molar-refractivity contribution in [2.45, 2.75) is 57.6 Å². The standard InChI is InChI=1S/C36H39Cl2N3O5S/c1-5-46-30-16-14-29(15-17-30)41(47(44,45)31-18-11-26(4)12-19-31)24-35(42)40(23-28-13-20-32(37)33(38)21-28)34(36(43)39-25(2)3)22-27-9-7-6-8-10-27/h6-21,25,34H,5,22-24H2,1-4H3,(H,39,43). The summed E-state index contributed by atoms with van der Waals surface area (Å²) < 4.78 is 35.0. The Kier molecular flexibility index (Phi) is 12.3. The average Bonchev–Trinajstić information content (AvgIpc) is 3.04. The Balaban J connectivity index is 1.82. The first-order valence-electron chi connectivity index (χ1n) is 15.3. The molecule has 4 aromatic rings. The van der Waals surface area contributed by atoms with Crippen LogP contribution in [0, 0.1) is 6.92 Å². The van der Waals surface area contributed by atoms with E-state index in [1.54, 1.807) is 54.6 Å². The number of carbonyl (C=O) groups is 2. The minimum atomic E-state index is -4.23. The van der Waals surface area contributed by atoms with Gasteiger partial charge in [-0.1, -0.05) is 77.3 Å². The number of anilines is 1. The second kappa shape index (κ2) is 16.2. The van der Waals surface area contributed by atoms with Crippen molar-refractivity contribution in [3.63, 3.8) is 0 Å². The molecule has 11 heteroatoms. The van der Waals surface area contributed by atoms with Crippen LogP contribution >= 0.6 is 23.2 Å². The third-order valence-electron chi connectivity index (χ3n) is 7.36. The molecule has 1 atom stereocenters. The number of nitrogens with one attached hydrogen (secondary N) is 1. The van der Waals surface area contributed by atoms with Gasteiger partial charge in [-0.15, -0.1) is 0 Å². The summed E-state index contributed by atoms with van der Waals surface area (Å²) in [6.45, 7) is 7.22. The number of carbonyl (C=O) groups excluding carboxylic acids is 2. The van der Waals surface area contributed by atoms with E-state index in [1.807, 2.05) is 58.0 Å². The van der Waals surface area contributed by atoms with Gasteiger partial charge in [-0.3, -0.25) is 13.9 Å². The van der Waals surface area contributed by atoms with Crippen molar-refractivity contribution in [1.29, 1.82) is 0 Å². The summed E-state index contributed by atoms with van der Waals surface area (Å²) in [6, 6.07) is 26.1. The number of rotatable bonds is 14. The Bertz CT molecular complexity index is 1770. The number of ether oxygens (including phenoxy) is 1. The van der Waals surface area contributed by atoms with Gasteiger partial charge >= 0.3 is 0 Å². The maximum Gasteiger partial charge on any atom is 0.264 e. The number of nitrogens with zero attached hydrogens (tertiary/aromatic N) is 2. The van der Waals surface area contributed by atoms with Gasteiger partial charge in [0.1, 0.15) is 18.3 Å². The fourth-order valence-electron chi connectivity index (χ4n) is 5.01. The first-order chi connectivity index (χ1) is 22.4. The first kappa shape index (κ1) is 35.8. The van der Waals surface area contributed by atoms with E-state index in [0.717, 1.165) is 15.4 Å². The van der Waals surface area contributed by atoms with Gasteiger partial charge in [0.25, 0.3) is 10.0 Å². The first-order valence-corrected chi connectivity index (χ1v) is 17.5. The van der Waals surface area contributed by atoms with Gasteiger partial charge in [-0.2, -0.15) is 0 Å². The largest absolute Gasteiger partial charge is 0.494 e. The van der Waals surface area contributed by atoms with E-state index in [2.05, 4.69) is 5.32 Å². The summed E-state index contributed by atoms with van der Waals surface area (Å²) in [5.41, 5.74) is 2.61. The molecule has 0 heterocycles. The maximum atomic E-state index is 14.6.